The minimum atomic E-state index is -1.25. The summed E-state index contributed by atoms with van der Waals surface area (Å²) in [5.41, 5.74) is 0.718. The Kier molecular flexibility index (Phi) is 4.48. The lowest BCUT2D eigenvalue weighted by Crippen LogP contribution is -2.01. The molecule has 0 saturated carbocycles. The van der Waals surface area contributed by atoms with E-state index in [9.17, 15) is 4.79 Å². The number of aliphatic carboxylic acids is 1. The van der Waals surface area contributed by atoms with E-state index >= 15 is 0 Å². The van der Waals surface area contributed by atoms with Crippen molar-refractivity contribution in [3.8, 4) is 17.9 Å². The molecule has 90 valence electrons. The van der Waals surface area contributed by atoms with Gasteiger partial charge in [-0.15, -0.1) is 0 Å². The number of rotatable bonds is 4. The molecule has 5 heteroatoms. The summed E-state index contributed by atoms with van der Waals surface area (Å²) in [4.78, 5) is 10.8. The molecule has 1 aromatic rings. The molecule has 0 spiro atoms. The molecule has 0 unspecified atom stereocenters. The van der Waals surface area contributed by atoms with E-state index in [4.69, 9.17) is 20.4 Å². The Hall–Kier alpha value is -2.79. The van der Waals surface area contributed by atoms with E-state index in [1.54, 1.807) is 37.3 Å². The van der Waals surface area contributed by atoms with Crippen LogP contribution in [0.1, 0.15) is 12.5 Å². The lowest BCUT2D eigenvalue weighted by atomic mass is 10.0. The molecule has 0 aliphatic carbocycles. The smallest absolute Gasteiger partial charge is 0.346 e. The zero-order valence-corrected chi connectivity index (χ0v) is 9.67. The fourth-order valence-corrected chi connectivity index (χ4v) is 1.35. The number of benzene rings is 1. The standard InChI is InChI=1S/C13H10N2O3/c1-9(12(8-15)13(16)17)10-2-4-11(5-3-10)18-7-6-14/h2-5H,7H2,1H3,(H,16,17)/b12-9-. The Morgan fingerprint density at radius 2 is 1.94 bits per heavy atom. The summed E-state index contributed by atoms with van der Waals surface area (Å²) in [6, 6.07) is 10.0. The van der Waals surface area contributed by atoms with Crippen molar-refractivity contribution >= 4 is 11.5 Å². The Bertz CT molecular complexity index is 559. The molecule has 0 aliphatic heterocycles. The number of hydrogen-bond acceptors (Lipinski definition) is 4. The van der Waals surface area contributed by atoms with Gasteiger partial charge in [0.1, 0.15) is 23.5 Å². The number of ether oxygens (including phenoxy) is 1. The molecule has 5 nitrogen and oxygen atoms in total. The van der Waals surface area contributed by atoms with Crippen molar-refractivity contribution in [2.45, 2.75) is 6.92 Å². The van der Waals surface area contributed by atoms with Crippen molar-refractivity contribution in [3.05, 3.63) is 35.4 Å². The van der Waals surface area contributed by atoms with Crippen LogP contribution in [0.25, 0.3) is 5.57 Å². The van der Waals surface area contributed by atoms with Crippen LogP contribution in [0.15, 0.2) is 29.8 Å². The first kappa shape index (κ1) is 13.3. The molecule has 0 atom stereocenters. The van der Waals surface area contributed by atoms with E-state index in [1.807, 2.05) is 6.07 Å². The quantitative estimate of drug-likeness (QED) is 0.643. The van der Waals surface area contributed by atoms with Gasteiger partial charge in [-0.2, -0.15) is 10.5 Å². The molecule has 0 aliphatic rings. The minimum Gasteiger partial charge on any atom is -0.479 e. The molecule has 1 N–H and O–H groups in total. The van der Waals surface area contributed by atoms with Crippen molar-refractivity contribution in [1.29, 1.82) is 10.5 Å². The molecule has 0 amide bonds. The number of hydrogen-bond donors (Lipinski definition) is 1. The van der Waals surface area contributed by atoms with Crippen LogP contribution in [0.3, 0.4) is 0 Å². The first-order valence-corrected chi connectivity index (χ1v) is 5.04. The molecule has 0 fully saturated rings. The lowest BCUT2D eigenvalue weighted by Gasteiger charge is -2.05. The van der Waals surface area contributed by atoms with Gasteiger partial charge < -0.3 is 9.84 Å². The van der Waals surface area contributed by atoms with Crippen molar-refractivity contribution < 1.29 is 14.6 Å². The van der Waals surface area contributed by atoms with E-state index in [1.165, 1.54) is 0 Å². The van der Waals surface area contributed by atoms with Crippen LogP contribution in [0, 0.1) is 22.7 Å². The van der Waals surface area contributed by atoms with Crippen LogP contribution >= 0.6 is 0 Å². The van der Waals surface area contributed by atoms with Crippen molar-refractivity contribution in [2.24, 2.45) is 0 Å². The van der Waals surface area contributed by atoms with Crippen LogP contribution in [0.2, 0.25) is 0 Å². The number of allylic oxidation sites excluding steroid dienone is 1. The second-order valence-corrected chi connectivity index (χ2v) is 3.39. The Balaban J connectivity index is 3.03. The van der Waals surface area contributed by atoms with Gasteiger partial charge in [-0.05, 0) is 30.2 Å². The summed E-state index contributed by atoms with van der Waals surface area (Å²) < 4.78 is 5.07. The molecular formula is C13H10N2O3. The van der Waals surface area contributed by atoms with Crippen LogP contribution in [0.4, 0.5) is 0 Å². The SMILES string of the molecule is C/C(=C(\C#N)C(=O)O)c1ccc(OCC#N)cc1. The van der Waals surface area contributed by atoms with Gasteiger partial charge in [0.15, 0.2) is 6.61 Å². The highest BCUT2D eigenvalue weighted by atomic mass is 16.5. The maximum absolute atomic E-state index is 10.8. The largest absolute Gasteiger partial charge is 0.479 e. The number of carbonyl (C=O) groups is 1. The first-order valence-electron chi connectivity index (χ1n) is 5.04. The fourth-order valence-electron chi connectivity index (χ4n) is 1.35. The van der Waals surface area contributed by atoms with Gasteiger partial charge >= 0.3 is 5.97 Å². The second kappa shape index (κ2) is 6.07. The van der Waals surface area contributed by atoms with Gasteiger partial charge in [0, 0.05) is 0 Å². The highest BCUT2D eigenvalue weighted by Crippen LogP contribution is 2.21. The Morgan fingerprint density at radius 1 is 1.33 bits per heavy atom. The first-order chi connectivity index (χ1) is 8.60. The van der Waals surface area contributed by atoms with Gasteiger partial charge in [-0.3, -0.25) is 0 Å². The predicted molar refractivity (Wildman–Crippen MR) is 63.4 cm³/mol. The summed E-state index contributed by atoms with van der Waals surface area (Å²) in [7, 11) is 0. The summed E-state index contributed by atoms with van der Waals surface area (Å²) in [5.74, 6) is -0.735. The molecule has 1 rings (SSSR count). The molecule has 0 bridgehead atoms. The van der Waals surface area contributed by atoms with E-state index < -0.39 is 5.97 Å². The van der Waals surface area contributed by atoms with E-state index in [0.717, 1.165) is 0 Å². The summed E-state index contributed by atoms with van der Waals surface area (Å²) in [6.07, 6.45) is 0. The monoisotopic (exact) mass is 242 g/mol. The maximum atomic E-state index is 10.8. The lowest BCUT2D eigenvalue weighted by molar-refractivity contribution is -0.132. The van der Waals surface area contributed by atoms with Crippen LogP contribution < -0.4 is 4.74 Å². The highest BCUT2D eigenvalue weighted by molar-refractivity contribution is 6.00. The maximum Gasteiger partial charge on any atom is 0.346 e. The number of carboxylic acids is 1. The van der Waals surface area contributed by atoms with Crippen molar-refractivity contribution in [3.63, 3.8) is 0 Å². The van der Waals surface area contributed by atoms with E-state index in [-0.39, 0.29) is 12.2 Å². The third-order valence-electron chi connectivity index (χ3n) is 2.29. The van der Waals surface area contributed by atoms with Gasteiger partial charge in [0.2, 0.25) is 0 Å². The average molecular weight is 242 g/mol. The summed E-state index contributed by atoms with van der Waals surface area (Å²) in [6.45, 7) is 1.52. The molecule has 0 heterocycles. The summed E-state index contributed by atoms with van der Waals surface area (Å²) >= 11 is 0. The number of carboxylic acid groups (broad SMARTS) is 1. The average Bonchev–Trinajstić information content (AvgIpc) is 2.37. The number of nitriles is 2. The second-order valence-electron chi connectivity index (χ2n) is 3.39. The normalized spacial score (nSPS) is 10.8. The van der Waals surface area contributed by atoms with E-state index in [2.05, 4.69) is 0 Å². The zero-order valence-electron chi connectivity index (χ0n) is 9.67. The van der Waals surface area contributed by atoms with Crippen LogP contribution in [0.5, 0.6) is 5.75 Å². The third kappa shape index (κ3) is 3.10. The third-order valence-corrected chi connectivity index (χ3v) is 2.29. The highest BCUT2D eigenvalue weighted by Gasteiger charge is 2.11. The van der Waals surface area contributed by atoms with Gasteiger partial charge in [-0.25, -0.2) is 4.79 Å². The van der Waals surface area contributed by atoms with Gasteiger partial charge in [-0.1, -0.05) is 12.1 Å². The number of nitrogens with zero attached hydrogens (tertiary/aromatic N) is 2. The summed E-state index contributed by atoms with van der Waals surface area (Å²) in [5, 5.41) is 25.9. The zero-order chi connectivity index (χ0) is 13.5. The molecular weight excluding hydrogens is 232 g/mol. The van der Waals surface area contributed by atoms with Crippen molar-refractivity contribution in [1.82, 2.24) is 0 Å². The van der Waals surface area contributed by atoms with Crippen molar-refractivity contribution in [2.75, 3.05) is 6.61 Å². The molecule has 0 aromatic heterocycles. The predicted octanol–water partition coefficient (Wildman–Crippen LogP) is 1.97. The van der Waals surface area contributed by atoms with Gasteiger partial charge in [0.25, 0.3) is 0 Å². The van der Waals surface area contributed by atoms with Gasteiger partial charge in [0.05, 0.1) is 0 Å². The molecule has 18 heavy (non-hydrogen) atoms. The van der Waals surface area contributed by atoms with E-state index in [0.29, 0.717) is 16.9 Å². The minimum absolute atomic E-state index is 0.0489. The Labute approximate surface area is 104 Å². The molecule has 0 radical (unpaired) electrons. The Morgan fingerprint density at radius 3 is 2.39 bits per heavy atom. The fraction of sp³-hybridized carbons (Fsp3) is 0.154. The molecule has 1 aromatic carbocycles. The van der Waals surface area contributed by atoms with Crippen LogP contribution in [-0.2, 0) is 4.79 Å². The topological polar surface area (TPSA) is 94.1 Å². The molecule has 0 saturated heterocycles. The van der Waals surface area contributed by atoms with Crippen LogP contribution in [-0.4, -0.2) is 17.7 Å².